The van der Waals surface area contributed by atoms with E-state index in [2.05, 4.69) is 10.6 Å². The fourth-order valence-corrected chi connectivity index (χ4v) is 6.15. The molecule has 0 aromatic heterocycles. The van der Waals surface area contributed by atoms with Gasteiger partial charge in [-0.1, -0.05) is 58.0 Å². The molecular formula is C34H51N5O13. The summed E-state index contributed by atoms with van der Waals surface area (Å²) < 4.78 is 5.23. The number of ether oxygens (including phenoxy) is 1. The van der Waals surface area contributed by atoms with Crippen LogP contribution in [0.15, 0.2) is 30.3 Å². The number of carboxylic acids is 4. The summed E-state index contributed by atoms with van der Waals surface area (Å²) in [6.07, 6.45) is -4.28. The number of carbonyl (C=O) groups is 8. The lowest BCUT2D eigenvalue weighted by molar-refractivity contribution is -0.167. The average Bonchev–Trinajstić information content (AvgIpc) is 3.09. The molecule has 1 aromatic rings. The Kier molecular flexibility index (Phi) is 18.6. The maximum Gasteiger partial charge on any atom is 0.408 e. The fraction of sp³-hybridized carbons (Fsp3) is 0.588. The van der Waals surface area contributed by atoms with Crippen molar-refractivity contribution >= 4 is 47.4 Å². The van der Waals surface area contributed by atoms with Crippen molar-refractivity contribution in [3.05, 3.63) is 35.9 Å². The Bertz CT molecular complexity index is 1420. The van der Waals surface area contributed by atoms with Gasteiger partial charge in [0.2, 0.25) is 5.91 Å². The van der Waals surface area contributed by atoms with E-state index in [1.807, 2.05) is 0 Å². The lowest BCUT2D eigenvalue weighted by atomic mass is 9.78. The first-order chi connectivity index (χ1) is 24.5. The molecule has 0 saturated heterocycles. The summed E-state index contributed by atoms with van der Waals surface area (Å²) in [6, 6.07) is 4.89. The first-order valence-electron chi connectivity index (χ1n) is 17.0. The van der Waals surface area contributed by atoms with Crippen LogP contribution in [0.5, 0.6) is 0 Å². The van der Waals surface area contributed by atoms with Gasteiger partial charge in [0.05, 0.1) is 18.9 Å². The summed E-state index contributed by atoms with van der Waals surface area (Å²) in [5, 5.41) is 44.9. The molecule has 0 saturated carbocycles. The van der Waals surface area contributed by atoms with Gasteiger partial charge in [0.1, 0.15) is 12.6 Å². The van der Waals surface area contributed by atoms with Gasteiger partial charge < -0.3 is 41.5 Å². The number of aliphatic carboxylic acids is 4. The second-order valence-corrected chi connectivity index (χ2v) is 11.9. The van der Waals surface area contributed by atoms with Crippen molar-refractivity contribution in [1.82, 2.24) is 20.4 Å². The predicted octanol–water partition coefficient (Wildman–Crippen LogP) is 0.703. The van der Waals surface area contributed by atoms with E-state index in [0.29, 0.717) is 12.0 Å². The van der Waals surface area contributed by atoms with Gasteiger partial charge in [0.15, 0.2) is 22.6 Å². The standard InChI is InChI=1S/C34H51N5O13/c1-5-38(6-2)33(30(47)48,19-26(41)42)25(40)18-24(28(45)34(31(49)50,20-27(43)44)39(7-3)8-4)36-29(46)23(16-12-13-17-35)37-32(51)52-21-22-14-10-9-11-15-22/h9-11,14-15,23-24H,5-8,12-13,16-21,35H2,1-4H3,(H,36,46)(H,37,51)(H,41,42)(H,43,44)(H,47,48)(H,49,50). The van der Waals surface area contributed by atoms with Crippen molar-refractivity contribution in [3.8, 4) is 0 Å². The van der Waals surface area contributed by atoms with Crippen LogP contribution in [0, 0.1) is 0 Å². The molecular weight excluding hydrogens is 686 g/mol. The van der Waals surface area contributed by atoms with Gasteiger partial charge in [0, 0.05) is 6.42 Å². The number of nitrogens with one attached hydrogen (secondary N) is 2. The molecule has 0 spiro atoms. The van der Waals surface area contributed by atoms with Crippen LogP contribution in [0.25, 0.3) is 0 Å². The van der Waals surface area contributed by atoms with Crippen LogP contribution >= 0.6 is 0 Å². The highest BCUT2D eigenvalue weighted by molar-refractivity contribution is 6.16. The lowest BCUT2D eigenvalue weighted by Crippen LogP contribution is -2.68. The smallest absolute Gasteiger partial charge is 0.408 e. The van der Waals surface area contributed by atoms with E-state index in [-0.39, 0.29) is 52.2 Å². The second kappa shape index (κ2) is 21.4. The molecule has 0 heterocycles. The Morgan fingerprint density at radius 2 is 1.23 bits per heavy atom. The summed E-state index contributed by atoms with van der Waals surface area (Å²) in [5.74, 6) is -11.1. The van der Waals surface area contributed by atoms with Crippen LogP contribution < -0.4 is 16.4 Å². The normalized spacial score (nSPS) is 14.7. The number of likely N-dealkylation sites (N-methyl/N-ethyl adjacent to an activating group) is 2. The van der Waals surface area contributed by atoms with Crippen LogP contribution in [-0.4, -0.2) is 134 Å². The van der Waals surface area contributed by atoms with E-state index in [1.165, 1.54) is 27.7 Å². The number of carboxylic acid groups (broad SMARTS) is 4. The summed E-state index contributed by atoms with van der Waals surface area (Å²) in [5.41, 5.74) is 0.580. The molecule has 4 atom stereocenters. The molecule has 0 bridgehead atoms. The quantitative estimate of drug-likeness (QED) is 0.0509. The number of hydrogen-bond acceptors (Lipinski definition) is 12. The molecule has 4 unspecified atom stereocenters. The SMILES string of the molecule is CCN(CC)C(CC(=O)O)(C(=O)O)C(=O)CC(NC(=O)C(CCCCN)NC(=O)OCc1ccccc1)C(=O)C(CC(=O)O)(C(=O)O)N(CC)CC. The molecule has 8 N–H and O–H groups in total. The van der Waals surface area contributed by atoms with Crippen molar-refractivity contribution in [2.24, 2.45) is 5.73 Å². The molecule has 0 aliphatic heterocycles. The third kappa shape index (κ3) is 11.5. The van der Waals surface area contributed by atoms with Crippen LogP contribution in [-0.2, 0) is 44.9 Å². The van der Waals surface area contributed by atoms with E-state index < -0.39 is 89.9 Å². The summed E-state index contributed by atoms with van der Waals surface area (Å²) in [4.78, 5) is 107. The number of ketones is 2. The van der Waals surface area contributed by atoms with E-state index in [0.717, 1.165) is 9.80 Å². The van der Waals surface area contributed by atoms with Crippen LogP contribution in [0.3, 0.4) is 0 Å². The van der Waals surface area contributed by atoms with E-state index in [1.54, 1.807) is 30.3 Å². The highest BCUT2D eigenvalue weighted by Crippen LogP contribution is 2.29. The van der Waals surface area contributed by atoms with Gasteiger partial charge in [-0.25, -0.2) is 14.4 Å². The molecule has 1 rings (SSSR count). The topological polar surface area (TPSA) is 283 Å². The number of amides is 2. The predicted molar refractivity (Wildman–Crippen MR) is 184 cm³/mol. The molecule has 52 heavy (non-hydrogen) atoms. The molecule has 290 valence electrons. The van der Waals surface area contributed by atoms with Gasteiger partial charge in [-0.2, -0.15) is 0 Å². The highest BCUT2D eigenvalue weighted by Gasteiger charge is 2.57. The third-order valence-electron chi connectivity index (χ3n) is 8.79. The zero-order valence-corrected chi connectivity index (χ0v) is 30.0. The van der Waals surface area contributed by atoms with Gasteiger partial charge >= 0.3 is 30.0 Å². The number of carbonyl (C=O) groups excluding carboxylic acids is 4. The first-order valence-corrected chi connectivity index (χ1v) is 17.0. The van der Waals surface area contributed by atoms with Crippen LogP contribution in [0.1, 0.15) is 71.8 Å². The third-order valence-corrected chi connectivity index (χ3v) is 8.79. The molecule has 0 radical (unpaired) electrons. The minimum absolute atomic E-state index is 0.0783. The van der Waals surface area contributed by atoms with Crippen molar-refractivity contribution in [2.75, 3.05) is 32.7 Å². The number of nitrogens with two attached hydrogens (primary N) is 1. The number of unbranched alkanes of at least 4 members (excludes halogenated alkanes) is 1. The molecule has 0 aliphatic rings. The summed E-state index contributed by atoms with van der Waals surface area (Å²) in [7, 11) is 0. The average molecular weight is 738 g/mol. The lowest BCUT2D eigenvalue weighted by Gasteiger charge is -2.41. The maximum atomic E-state index is 14.5. The molecule has 1 aromatic carbocycles. The minimum atomic E-state index is -2.88. The van der Waals surface area contributed by atoms with Crippen molar-refractivity contribution in [3.63, 3.8) is 0 Å². The molecule has 0 aliphatic carbocycles. The highest BCUT2D eigenvalue weighted by atomic mass is 16.5. The number of benzene rings is 1. The largest absolute Gasteiger partial charge is 0.481 e. The van der Waals surface area contributed by atoms with Crippen molar-refractivity contribution in [1.29, 1.82) is 0 Å². The Balaban J connectivity index is 3.85. The number of nitrogens with zero attached hydrogens (tertiary/aromatic N) is 2. The van der Waals surface area contributed by atoms with Gasteiger partial charge in [-0.15, -0.1) is 0 Å². The van der Waals surface area contributed by atoms with E-state index >= 15 is 0 Å². The number of Topliss-reactive ketones (excluding diaryl/α,β-unsaturated/α-hetero) is 2. The van der Waals surface area contributed by atoms with E-state index in [9.17, 15) is 58.8 Å². The number of alkyl carbamates (subject to hydrolysis) is 1. The zero-order valence-electron chi connectivity index (χ0n) is 30.0. The molecule has 18 heteroatoms. The van der Waals surface area contributed by atoms with Crippen LogP contribution in [0.4, 0.5) is 4.79 Å². The Morgan fingerprint density at radius 3 is 1.69 bits per heavy atom. The number of rotatable bonds is 26. The summed E-state index contributed by atoms with van der Waals surface area (Å²) in [6.45, 7) is 5.27. The second-order valence-electron chi connectivity index (χ2n) is 11.9. The van der Waals surface area contributed by atoms with Crippen molar-refractivity contribution < 1.29 is 63.5 Å². The van der Waals surface area contributed by atoms with Crippen LogP contribution in [0.2, 0.25) is 0 Å². The molecule has 2 amide bonds. The fourth-order valence-electron chi connectivity index (χ4n) is 6.15. The van der Waals surface area contributed by atoms with Gasteiger partial charge in [-0.05, 0) is 57.5 Å². The summed E-state index contributed by atoms with van der Waals surface area (Å²) >= 11 is 0. The Labute approximate surface area is 301 Å². The minimum Gasteiger partial charge on any atom is -0.481 e. The molecule has 0 fully saturated rings. The Hall–Kier alpha value is -4.94. The molecule has 18 nitrogen and oxygen atoms in total. The van der Waals surface area contributed by atoms with E-state index in [4.69, 9.17) is 10.5 Å². The number of hydrogen-bond donors (Lipinski definition) is 7. The Morgan fingerprint density at radius 1 is 0.731 bits per heavy atom. The maximum absolute atomic E-state index is 14.5. The zero-order chi connectivity index (χ0) is 39.6. The van der Waals surface area contributed by atoms with Crippen molar-refractivity contribution in [2.45, 2.75) is 96.0 Å². The first kappa shape index (κ1) is 45.1. The monoisotopic (exact) mass is 737 g/mol. The van der Waals surface area contributed by atoms with Gasteiger partial charge in [0.25, 0.3) is 0 Å². The van der Waals surface area contributed by atoms with Gasteiger partial charge in [-0.3, -0.25) is 33.8 Å².